The lowest BCUT2D eigenvalue weighted by Gasteiger charge is -2.08. The zero-order valence-electron chi connectivity index (χ0n) is 11.7. The molecule has 3 aromatic rings. The number of benzene rings is 1. The van der Waals surface area contributed by atoms with Gasteiger partial charge < -0.3 is 5.32 Å². The summed E-state index contributed by atoms with van der Waals surface area (Å²) in [5, 5.41) is 3.47. The molecule has 0 spiro atoms. The van der Waals surface area contributed by atoms with Crippen molar-refractivity contribution in [1.82, 2.24) is 9.55 Å². The van der Waals surface area contributed by atoms with Crippen molar-refractivity contribution >= 4 is 38.6 Å². The highest BCUT2D eigenvalue weighted by Crippen LogP contribution is 2.15. The van der Waals surface area contributed by atoms with Crippen LogP contribution in [0.5, 0.6) is 0 Å². The summed E-state index contributed by atoms with van der Waals surface area (Å²) in [5.74, 6) is -0.436. The molecule has 3 rings (SSSR count). The number of amides is 1. The fourth-order valence-corrected chi connectivity index (χ4v) is 2.46. The van der Waals surface area contributed by atoms with Gasteiger partial charge in [0.25, 0.3) is 11.5 Å². The maximum absolute atomic E-state index is 12.4. The van der Waals surface area contributed by atoms with Gasteiger partial charge >= 0.3 is 0 Å². The van der Waals surface area contributed by atoms with Crippen LogP contribution >= 0.6 is 15.9 Å². The zero-order chi connectivity index (χ0) is 15.7. The van der Waals surface area contributed by atoms with Crippen LogP contribution in [0.1, 0.15) is 10.4 Å². The average molecular weight is 358 g/mol. The standard InChI is InChI=1S/C16H12BrN3O2/c1-20-14-10(3-2-8-18-14)9-13(16(20)22)15(21)19-12-6-4-11(17)5-7-12/h2-9H,1H3,(H,19,21). The lowest BCUT2D eigenvalue weighted by atomic mass is 10.2. The Hall–Kier alpha value is -2.47. The summed E-state index contributed by atoms with van der Waals surface area (Å²) in [7, 11) is 1.61. The van der Waals surface area contributed by atoms with Crippen molar-refractivity contribution < 1.29 is 4.79 Å². The summed E-state index contributed by atoms with van der Waals surface area (Å²) in [5.41, 5.74) is 0.890. The molecule has 0 aliphatic rings. The largest absolute Gasteiger partial charge is 0.322 e. The van der Waals surface area contributed by atoms with Crippen LogP contribution in [0.3, 0.4) is 0 Å². The molecule has 2 aromatic heterocycles. The number of rotatable bonds is 2. The lowest BCUT2D eigenvalue weighted by molar-refractivity contribution is 0.102. The third-order valence-electron chi connectivity index (χ3n) is 3.32. The first-order valence-electron chi connectivity index (χ1n) is 6.58. The van der Waals surface area contributed by atoms with Crippen molar-refractivity contribution in [2.45, 2.75) is 0 Å². The van der Waals surface area contributed by atoms with Crippen LogP contribution in [0.4, 0.5) is 5.69 Å². The van der Waals surface area contributed by atoms with E-state index in [-0.39, 0.29) is 11.1 Å². The van der Waals surface area contributed by atoms with Crippen molar-refractivity contribution in [1.29, 1.82) is 0 Å². The van der Waals surface area contributed by atoms with Crippen molar-refractivity contribution in [3.05, 3.63) is 69.1 Å². The van der Waals surface area contributed by atoms with Crippen molar-refractivity contribution in [3.63, 3.8) is 0 Å². The Morgan fingerprint density at radius 3 is 2.68 bits per heavy atom. The molecule has 22 heavy (non-hydrogen) atoms. The molecule has 0 saturated carbocycles. The summed E-state index contributed by atoms with van der Waals surface area (Å²) >= 11 is 3.33. The van der Waals surface area contributed by atoms with E-state index in [1.54, 1.807) is 37.5 Å². The predicted octanol–water partition coefficient (Wildman–Crippen LogP) is 2.95. The van der Waals surface area contributed by atoms with Gasteiger partial charge in [0.05, 0.1) is 0 Å². The summed E-state index contributed by atoms with van der Waals surface area (Å²) < 4.78 is 2.30. The van der Waals surface area contributed by atoms with Crippen LogP contribution in [0.25, 0.3) is 11.0 Å². The highest BCUT2D eigenvalue weighted by molar-refractivity contribution is 9.10. The molecule has 0 aliphatic carbocycles. The van der Waals surface area contributed by atoms with E-state index in [0.717, 1.165) is 9.86 Å². The van der Waals surface area contributed by atoms with Gasteiger partial charge in [-0.15, -0.1) is 0 Å². The van der Waals surface area contributed by atoms with E-state index in [2.05, 4.69) is 26.2 Å². The monoisotopic (exact) mass is 357 g/mol. The van der Waals surface area contributed by atoms with Crippen molar-refractivity contribution in [3.8, 4) is 0 Å². The zero-order valence-corrected chi connectivity index (χ0v) is 13.3. The SMILES string of the molecule is Cn1c(=O)c(C(=O)Nc2ccc(Br)cc2)cc2cccnc21. The average Bonchev–Trinajstić information content (AvgIpc) is 2.53. The molecule has 6 heteroatoms. The Bertz CT molecular complexity index is 917. The van der Waals surface area contributed by atoms with Crippen LogP contribution in [0.15, 0.2) is 57.9 Å². The van der Waals surface area contributed by atoms with Gasteiger partial charge in [-0.2, -0.15) is 0 Å². The smallest absolute Gasteiger partial charge is 0.264 e. The number of nitrogens with one attached hydrogen (secondary N) is 1. The predicted molar refractivity (Wildman–Crippen MR) is 89.1 cm³/mol. The fourth-order valence-electron chi connectivity index (χ4n) is 2.19. The molecular weight excluding hydrogens is 346 g/mol. The Morgan fingerprint density at radius 1 is 1.23 bits per heavy atom. The van der Waals surface area contributed by atoms with E-state index >= 15 is 0 Å². The van der Waals surface area contributed by atoms with Crippen molar-refractivity contribution in [2.75, 3.05) is 5.32 Å². The molecule has 1 amide bonds. The molecule has 0 radical (unpaired) electrons. The van der Waals surface area contributed by atoms with Crippen LogP contribution in [0.2, 0.25) is 0 Å². The molecule has 0 aliphatic heterocycles. The second kappa shape index (κ2) is 5.73. The molecule has 1 N–H and O–H groups in total. The summed E-state index contributed by atoms with van der Waals surface area (Å²) in [4.78, 5) is 28.8. The maximum atomic E-state index is 12.4. The molecule has 5 nitrogen and oxygen atoms in total. The number of carbonyl (C=O) groups is 1. The van der Waals surface area contributed by atoms with Crippen LogP contribution < -0.4 is 10.9 Å². The molecule has 0 fully saturated rings. The van der Waals surface area contributed by atoms with Gasteiger partial charge in [-0.3, -0.25) is 14.2 Å². The van der Waals surface area contributed by atoms with Gasteiger partial charge in [0.1, 0.15) is 11.2 Å². The number of anilines is 1. The third-order valence-corrected chi connectivity index (χ3v) is 3.84. The molecule has 0 unspecified atom stereocenters. The quantitative estimate of drug-likeness (QED) is 0.766. The van der Waals surface area contributed by atoms with Gasteiger partial charge in [-0.25, -0.2) is 4.98 Å². The molecule has 0 saturated heterocycles. The van der Waals surface area contributed by atoms with Gasteiger partial charge in [-0.05, 0) is 42.5 Å². The van der Waals surface area contributed by atoms with Gasteiger partial charge in [-0.1, -0.05) is 15.9 Å². The Labute approximate surface area is 134 Å². The number of aromatic nitrogens is 2. The van der Waals surface area contributed by atoms with Gasteiger partial charge in [0, 0.05) is 28.8 Å². The van der Waals surface area contributed by atoms with E-state index in [1.165, 1.54) is 4.57 Å². The second-order valence-electron chi connectivity index (χ2n) is 4.80. The Balaban J connectivity index is 2.02. The first kappa shape index (κ1) is 14.5. The fraction of sp³-hybridized carbons (Fsp3) is 0.0625. The first-order chi connectivity index (χ1) is 10.6. The normalized spacial score (nSPS) is 10.6. The minimum absolute atomic E-state index is 0.0888. The number of fused-ring (bicyclic) bond motifs is 1. The highest BCUT2D eigenvalue weighted by Gasteiger charge is 2.14. The van der Waals surface area contributed by atoms with E-state index < -0.39 is 5.91 Å². The van der Waals surface area contributed by atoms with E-state index in [0.29, 0.717) is 11.3 Å². The minimum atomic E-state index is -0.436. The maximum Gasteiger partial charge on any atom is 0.264 e. The molecule has 2 heterocycles. The van der Waals surface area contributed by atoms with Crippen LogP contribution in [0, 0.1) is 0 Å². The summed E-state index contributed by atoms with van der Waals surface area (Å²) in [6, 6.07) is 12.3. The van der Waals surface area contributed by atoms with E-state index in [1.807, 2.05) is 18.2 Å². The van der Waals surface area contributed by atoms with E-state index in [4.69, 9.17) is 0 Å². The van der Waals surface area contributed by atoms with Crippen molar-refractivity contribution in [2.24, 2.45) is 7.05 Å². The summed E-state index contributed by atoms with van der Waals surface area (Å²) in [6.45, 7) is 0. The van der Waals surface area contributed by atoms with E-state index in [9.17, 15) is 9.59 Å². The minimum Gasteiger partial charge on any atom is -0.322 e. The van der Waals surface area contributed by atoms with Gasteiger partial charge in [0.2, 0.25) is 0 Å². The number of pyridine rings is 2. The Kier molecular flexibility index (Phi) is 3.77. The molecular formula is C16H12BrN3O2. The molecule has 0 atom stereocenters. The molecule has 0 bridgehead atoms. The number of hydrogen-bond donors (Lipinski definition) is 1. The number of hydrogen-bond acceptors (Lipinski definition) is 3. The molecule has 1 aromatic carbocycles. The number of halogens is 1. The second-order valence-corrected chi connectivity index (χ2v) is 5.72. The topological polar surface area (TPSA) is 64.0 Å². The first-order valence-corrected chi connectivity index (χ1v) is 7.37. The van der Waals surface area contributed by atoms with Gasteiger partial charge in [0.15, 0.2) is 0 Å². The lowest BCUT2D eigenvalue weighted by Crippen LogP contribution is -2.28. The molecule has 110 valence electrons. The van der Waals surface area contributed by atoms with Crippen LogP contribution in [-0.2, 0) is 7.05 Å². The third kappa shape index (κ3) is 2.65. The number of nitrogens with zero attached hydrogens (tertiary/aromatic N) is 2. The Morgan fingerprint density at radius 2 is 1.95 bits per heavy atom. The summed E-state index contributed by atoms with van der Waals surface area (Å²) in [6.07, 6.45) is 1.61. The number of carbonyl (C=O) groups excluding carboxylic acids is 1. The number of aryl methyl sites for hydroxylation is 1. The highest BCUT2D eigenvalue weighted by atomic mass is 79.9. The van der Waals surface area contributed by atoms with Crippen LogP contribution in [-0.4, -0.2) is 15.5 Å².